The Morgan fingerprint density at radius 1 is 1.15 bits per heavy atom. The van der Waals surface area contributed by atoms with Gasteiger partial charge in [-0.1, -0.05) is 24.3 Å². The lowest BCUT2D eigenvalue weighted by Gasteiger charge is -2.06. The van der Waals surface area contributed by atoms with Crippen LogP contribution in [-0.4, -0.2) is 17.6 Å². The van der Waals surface area contributed by atoms with Crippen LogP contribution in [-0.2, 0) is 11.4 Å². The van der Waals surface area contributed by atoms with Crippen LogP contribution in [0.15, 0.2) is 60.9 Å². The third kappa shape index (κ3) is 2.16. The van der Waals surface area contributed by atoms with E-state index in [1.807, 2.05) is 70.1 Å². The summed E-state index contributed by atoms with van der Waals surface area (Å²) < 4.78 is 8.85. The van der Waals surface area contributed by atoms with Gasteiger partial charge in [-0.3, -0.25) is 4.57 Å². The largest absolute Gasteiger partial charge is 0.464 e. The van der Waals surface area contributed by atoms with Crippen molar-refractivity contribution < 1.29 is 14.1 Å². The maximum absolute atomic E-state index is 11.9. The van der Waals surface area contributed by atoms with Gasteiger partial charge < -0.3 is 4.74 Å². The summed E-state index contributed by atoms with van der Waals surface area (Å²) in [6.45, 7) is 0.568. The highest BCUT2D eigenvalue weighted by atomic mass is 16.5. The Morgan fingerprint density at radius 3 is 2.65 bits per heavy atom. The summed E-state index contributed by atoms with van der Waals surface area (Å²) in [6.07, 6.45) is 3.94. The molecule has 0 aliphatic rings. The SMILES string of the molecule is COC(=O)c1cc2ccccc2n1C[n+]1ccccc1. The van der Waals surface area contributed by atoms with Gasteiger partial charge in [-0.2, -0.15) is 4.57 Å². The van der Waals surface area contributed by atoms with Crippen molar-refractivity contribution in [1.82, 2.24) is 4.57 Å². The molecular formula is C16H15N2O2+. The molecule has 0 aliphatic heterocycles. The zero-order valence-electron chi connectivity index (χ0n) is 11.2. The Kier molecular flexibility index (Phi) is 3.21. The molecule has 2 aromatic heterocycles. The first kappa shape index (κ1) is 12.4. The van der Waals surface area contributed by atoms with Crippen LogP contribution in [0.1, 0.15) is 10.5 Å². The zero-order valence-corrected chi connectivity index (χ0v) is 11.2. The second-order valence-corrected chi connectivity index (χ2v) is 4.54. The van der Waals surface area contributed by atoms with Gasteiger partial charge in [0.1, 0.15) is 5.69 Å². The third-order valence-electron chi connectivity index (χ3n) is 3.29. The highest BCUT2D eigenvalue weighted by molar-refractivity contribution is 5.95. The van der Waals surface area contributed by atoms with Crippen molar-refractivity contribution in [2.75, 3.05) is 7.11 Å². The summed E-state index contributed by atoms with van der Waals surface area (Å²) in [5.41, 5.74) is 1.58. The molecule has 0 radical (unpaired) electrons. The smallest absolute Gasteiger partial charge is 0.354 e. The maximum atomic E-state index is 11.9. The molecule has 1 aromatic carbocycles. The first-order valence-corrected chi connectivity index (χ1v) is 6.40. The molecule has 0 bridgehead atoms. The summed E-state index contributed by atoms with van der Waals surface area (Å²) in [5.74, 6) is -0.322. The molecule has 0 aliphatic carbocycles. The number of methoxy groups -OCH3 is 1. The number of ether oxygens (including phenoxy) is 1. The topological polar surface area (TPSA) is 35.1 Å². The Hall–Kier alpha value is -2.62. The summed E-state index contributed by atoms with van der Waals surface area (Å²) in [7, 11) is 1.40. The Labute approximate surface area is 116 Å². The second kappa shape index (κ2) is 5.17. The molecule has 0 fully saturated rings. The average molecular weight is 267 g/mol. The van der Waals surface area contributed by atoms with E-state index in [-0.39, 0.29) is 5.97 Å². The standard InChI is InChI=1S/C16H15N2O2/c1-20-16(19)15-11-13-7-3-4-8-14(13)18(15)12-17-9-5-2-6-10-17/h2-11H,12H2,1H3/q+1. The van der Waals surface area contributed by atoms with E-state index in [2.05, 4.69) is 0 Å². The number of hydrogen-bond acceptors (Lipinski definition) is 2. The Balaban J connectivity index is 2.13. The van der Waals surface area contributed by atoms with Crippen molar-refractivity contribution in [1.29, 1.82) is 0 Å². The minimum Gasteiger partial charge on any atom is -0.464 e. The molecule has 0 atom stereocenters. The summed E-state index contributed by atoms with van der Waals surface area (Å²) in [6, 6.07) is 15.7. The van der Waals surface area contributed by atoms with E-state index in [4.69, 9.17) is 4.74 Å². The fraction of sp³-hybridized carbons (Fsp3) is 0.125. The van der Waals surface area contributed by atoms with Crippen LogP contribution in [0.5, 0.6) is 0 Å². The van der Waals surface area contributed by atoms with Crippen LogP contribution in [0.2, 0.25) is 0 Å². The average Bonchev–Trinajstić information content (AvgIpc) is 2.86. The van der Waals surface area contributed by atoms with Gasteiger partial charge >= 0.3 is 5.97 Å². The predicted octanol–water partition coefficient (Wildman–Crippen LogP) is 2.22. The predicted molar refractivity (Wildman–Crippen MR) is 75.3 cm³/mol. The van der Waals surface area contributed by atoms with E-state index in [0.717, 1.165) is 10.9 Å². The number of esters is 1. The number of carbonyl (C=O) groups excluding carboxylic acids is 1. The van der Waals surface area contributed by atoms with Crippen molar-refractivity contribution in [3.63, 3.8) is 0 Å². The molecule has 4 nitrogen and oxygen atoms in total. The summed E-state index contributed by atoms with van der Waals surface area (Å²) in [5, 5.41) is 1.03. The minimum absolute atomic E-state index is 0.322. The van der Waals surface area contributed by atoms with Crippen molar-refractivity contribution in [3.05, 3.63) is 66.6 Å². The number of pyridine rings is 1. The maximum Gasteiger partial charge on any atom is 0.354 e. The fourth-order valence-corrected chi connectivity index (χ4v) is 2.33. The van der Waals surface area contributed by atoms with Gasteiger partial charge in [0.25, 0.3) is 0 Å². The summed E-state index contributed by atoms with van der Waals surface area (Å²) >= 11 is 0. The van der Waals surface area contributed by atoms with E-state index >= 15 is 0 Å². The molecule has 20 heavy (non-hydrogen) atoms. The van der Waals surface area contributed by atoms with Crippen molar-refractivity contribution in [2.24, 2.45) is 0 Å². The number of rotatable bonds is 3. The van der Waals surface area contributed by atoms with Crippen molar-refractivity contribution in [2.45, 2.75) is 6.67 Å². The van der Waals surface area contributed by atoms with Gasteiger partial charge in [0, 0.05) is 17.5 Å². The first-order chi connectivity index (χ1) is 9.79. The van der Waals surface area contributed by atoms with Crippen LogP contribution in [0.4, 0.5) is 0 Å². The highest BCUT2D eigenvalue weighted by Crippen LogP contribution is 2.19. The van der Waals surface area contributed by atoms with Crippen LogP contribution < -0.4 is 4.57 Å². The zero-order chi connectivity index (χ0) is 13.9. The van der Waals surface area contributed by atoms with Crippen molar-refractivity contribution >= 4 is 16.9 Å². The van der Waals surface area contributed by atoms with Gasteiger partial charge in [0.2, 0.25) is 6.67 Å². The number of para-hydroxylation sites is 1. The van der Waals surface area contributed by atoms with Crippen molar-refractivity contribution in [3.8, 4) is 0 Å². The van der Waals surface area contributed by atoms with E-state index in [1.165, 1.54) is 7.11 Å². The molecule has 0 unspecified atom stereocenters. The highest BCUT2D eigenvalue weighted by Gasteiger charge is 2.17. The molecule has 2 heterocycles. The summed E-state index contributed by atoms with van der Waals surface area (Å²) in [4.78, 5) is 11.9. The molecule has 3 aromatic rings. The molecule has 0 saturated heterocycles. The van der Waals surface area contributed by atoms with E-state index in [1.54, 1.807) is 0 Å². The van der Waals surface area contributed by atoms with Gasteiger partial charge in [-0.15, -0.1) is 0 Å². The fourth-order valence-electron chi connectivity index (χ4n) is 2.33. The normalized spacial score (nSPS) is 10.7. The lowest BCUT2D eigenvalue weighted by molar-refractivity contribution is -0.701. The monoisotopic (exact) mass is 267 g/mol. The lowest BCUT2D eigenvalue weighted by atomic mass is 10.2. The van der Waals surface area contributed by atoms with E-state index < -0.39 is 0 Å². The number of fused-ring (bicyclic) bond motifs is 1. The van der Waals surface area contributed by atoms with Crippen LogP contribution in [0, 0.1) is 0 Å². The lowest BCUT2D eigenvalue weighted by Crippen LogP contribution is -2.37. The number of hydrogen-bond donors (Lipinski definition) is 0. The van der Waals surface area contributed by atoms with Crippen LogP contribution in [0.25, 0.3) is 10.9 Å². The first-order valence-electron chi connectivity index (χ1n) is 6.40. The van der Waals surface area contributed by atoms with Crippen LogP contribution >= 0.6 is 0 Å². The minimum atomic E-state index is -0.322. The molecule has 100 valence electrons. The van der Waals surface area contributed by atoms with Gasteiger partial charge in [0.15, 0.2) is 12.4 Å². The van der Waals surface area contributed by atoms with E-state index in [0.29, 0.717) is 12.4 Å². The number of carbonyl (C=O) groups is 1. The molecule has 4 heteroatoms. The second-order valence-electron chi connectivity index (χ2n) is 4.54. The third-order valence-corrected chi connectivity index (χ3v) is 3.29. The van der Waals surface area contributed by atoms with Gasteiger partial charge in [-0.05, 0) is 12.1 Å². The van der Waals surface area contributed by atoms with Crippen LogP contribution in [0.3, 0.4) is 0 Å². The number of benzene rings is 1. The van der Waals surface area contributed by atoms with Gasteiger partial charge in [0.05, 0.1) is 12.6 Å². The molecule has 0 amide bonds. The quantitative estimate of drug-likeness (QED) is 0.539. The van der Waals surface area contributed by atoms with E-state index in [9.17, 15) is 4.79 Å². The molecule has 3 rings (SSSR count). The number of aromatic nitrogens is 2. The molecule has 0 N–H and O–H groups in total. The molecule has 0 spiro atoms. The number of nitrogens with zero attached hydrogens (tertiary/aromatic N) is 2. The molecule has 0 saturated carbocycles. The molecular weight excluding hydrogens is 252 g/mol. The van der Waals surface area contributed by atoms with Gasteiger partial charge in [-0.25, -0.2) is 4.79 Å². The Morgan fingerprint density at radius 2 is 1.90 bits per heavy atom. The Bertz CT molecular complexity index is 748.